The van der Waals surface area contributed by atoms with E-state index in [9.17, 15) is 8.42 Å². The maximum atomic E-state index is 11.2. The van der Waals surface area contributed by atoms with Crippen molar-refractivity contribution in [2.24, 2.45) is 10.1 Å². The average molecular weight is 337 g/mol. The summed E-state index contributed by atoms with van der Waals surface area (Å²) in [5.74, 6) is 0. The predicted octanol–water partition coefficient (Wildman–Crippen LogP) is 3.15. The summed E-state index contributed by atoms with van der Waals surface area (Å²) in [6.07, 6.45) is 3.48. The van der Waals surface area contributed by atoms with Crippen LogP contribution in [0.2, 0.25) is 0 Å². The standard InChI is InChI=1S/C18H15N3O2S/c19-24(22,23)17-10-8-16(9-11-17)21-13-14-4-6-15(7-5-14)18-3-1-2-12-20-18/h1-13H,(H2,19,22,23). The number of benzene rings is 2. The molecule has 0 radical (unpaired) electrons. The van der Waals surface area contributed by atoms with Crippen LogP contribution in [-0.2, 0) is 10.0 Å². The number of sulfonamides is 1. The molecule has 2 N–H and O–H groups in total. The van der Waals surface area contributed by atoms with Crippen LogP contribution in [-0.4, -0.2) is 19.6 Å². The molecule has 0 unspecified atom stereocenters. The Labute approximate surface area is 140 Å². The minimum atomic E-state index is -3.68. The van der Waals surface area contributed by atoms with Crippen LogP contribution in [0.4, 0.5) is 5.69 Å². The van der Waals surface area contributed by atoms with Gasteiger partial charge in [-0.3, -0.25) is 9.98 Å². The van der Waals surface area contributed by atoms with Crippen molar-refractivity contribution in [3.05, 3.63) is 78.5 Å². The fourth-order valence-corrected chi connectivity index (χ4v) is 2.66. The van der Waals surface area contributed by atoms with E-state index in [2.05, 4.69) is 9.98 Å². The lowest BCUT2D eigenvalue weighted by Gasteiger charge is -2.01. The van der Waals surface area contributed by atoms with Gasteiger partial charge in [-0.05, 0) is 42.0 Å². The van der Waals surface area contributed by atoms with Crippen molar-refractivity contribution in [1.29, 1.82) is 0 Å². The van der Waals surface area contributed by atoms with E-state index >= 15 is 0 Å². The van der Waals surface area contributed by atoms with Crippen LogP contribution in [0.3, 0.4) is 0 Å². The van der Waals surface area contributed by atoms with Crippen LogP contribution in [0.1, 0.15) is 5.56 Å². The molecule has 0 bridgehead atoms. The number of pyridine rings is 1. The predicted molar refractivity (Wildman–Crippen MR) is 94.7 cm³/mol. The van der Waals surface area contributed by atoms with Crippen molar-refractivity contribution in [1.82, 2.24) is 4.98 Å². The normalized spacial score (nSPS) is 11.7. The molecule has 0 aliphatic carbocycles. The minimum Gasteiger partial charge on any atom is -0.256 e. The Morgan fingerprint density at radius 3 is 2.21 bits per heavy atom. The number of hydrogen-bond acceptors (Lipinski definition) is 4. The Morgan fingerprint density at radius 1 is 0.917 bits per heavy atom. The zero-order valence-corrected chi connectivity index (χ0v) is 13.5. The molecule has 5 nitrogen and oxygen atoms in total. The van der Waals surface area contributed by atoms with Crippen molar-refractivity contribution in [2.45, 2.75) is 4.90 Å². The molecule has 0 amide bonds. The third-order valence-corrected chi connectivity index (χ3v) is 4.33. The Kier molecular flexibility index (Phi) is 4.50. The molecule has 0 aliphatic rings. The Balaban J connectivity index is 1.75. The summed E-state index contributed by atoms with van der Waals surface area (Å²) in [5.41, 5.74) is 3.53. The van der Waals surface area contributed by atoms with Crippen LogP contribution in [0, 0.1) is 0 Å². The van der Waals surface area contributed by atoms with E-state index in [1.54, 1.807) is 24.5 Å². The first-order chi connectivity index (χ1) is 11.5. The fourth-order valence-electron chi connectivity index (χ4n) is 2.14. The molecule has 1 aromatic heterocycles. The second-order valence-electron chi connectivity index (χ2n) is 5.13. The molecule has 1 heterocycles. The SMILES string of the molecule is NS(=O)(=O)c1ccc(N=Cc2ccc(-c3ccccn3)cc2)cc1. The highest BCUT2D eigenvalue weighted by atomic mass is 32.2. The Morgan fingerprint density at radius 2 is 1.62 bits per heavy atom. The van der Waals surface area contributed by atoms with E-state index in [0.29, 0.717) is 5.69 Å². The van der Waals surface area contributed by atoms with E-state index in [1.165, 1.54) is 12.1 Å². The van der Waals surface area contributed by atoms with Gasteiger partial charge in [0.15, 0.2) is 0 Å². The molecule has 0 spiro atoms. The number of aromatic nitrogens is 1. The zero-order valence-electron chi connectivity index (χ0n) is 12.7. The van der Waals surface area contributed by atoms with E-state index in [4.69, 9.17) is 5.14 Å². The molecule has 0 saturated carbocycles. The van der Waals surface area contributed by atoms with Gasteiger partial charge < -0.3 is 0 Å². The quantitative estimate of drug-likeness (QED) is 0.742. The summed E-state index contributed by atoms with van der Waals surface area (Å²) in [6, 6.07) is 19.7. The molecule has 3 aromatic rings. The van der Waals surface area contributed by atoms with E-state index in [-0.39, 0.29) is 4.90 Å². The summed E-state index contributed by atoms with van der Waals surface area (Å²) >= 11 is 0. The van der Waals surface area contributed by atoms with Crippen LogP contribution in [0.15, 0.2) is 82.8 Å². The fraction of sp³-hybridized carbons (Fsp3) is 0. The lowest BCUT2D eigenvalue weighted by Crippen LogP contribution is -2.11. The van der Waals surface area contributed by atoms with Crippen molar-refractivity contribution < 1.29 is 8.42 Å². The van der Waals surface area contributed by atoms with E-state index in [0.717, 1.165) is 16.8 Å². The van der Waals surface area contributed by atoms with Gasteiger partial charge in [0, 0.05) is 18.0 Å². The molecular formula is C18H15N3O2S. The van der Waals surface area contributed by atoms with Crippen LogP contribution < -0.4 is 5.14 Å². The van der Waals surface area contributed by atoms with Crippen molar-refractivity contribution >= 4 is 21.9 Å². The summed E-state index contributed by atoms with van der Waals surface area (Å²) in [6.45, 7) is 0. The summed E-state index contributed by atoms with van der Waals surface area (Å²) < 4.78 is 22.4. The monoisotopic (exact) mass is 337 g/mol. The lowest BCUT2D eigenvalue weighted by molar-refractivity contribution is 0.598. The average Bonchev–Trinajstić information content (AvgIpc) is 2.61. The van der Waals surface area contributed by atoms with E-state index < -0.39 is 10.0 Å². The highest BCUT2D eigenvalue weighted by molar-refractivity contribution is 7.89. The second kappa shape index (κ2) is 6.74. The maximum absolute atomic E-state index is 11.2. The van der Waals surface area contributed by atoms with Gasteiger partial charge in [0.25, 0.3) is 0 Å². The molecule has 120 valence electrons. The molecule has 3 rings (SSSR count). The topological polar surface area (TPSA) is 85.4 Å². The van der Waals surface area contributed by atoms with Gasteiger partial charge in [-0.15, -0.1) is 0 Å². The molecule has 0 saturated heterocycles. The molecule has 0 atom stereocenters. The van der Waals surface area contributed by atoms with Crippen LogP contribution >= 0.6 is 0 Å². The van der Waals surface area contributed by atoms with Crippen molar-refractivity contribution in [2.75, 3.05) is 0 Å². The van der Waals surface area contributed by atoms with Crippen LogP contribution in [0.25, 0.3) is 11.3 Å². The van der Waals surface area contributed by atoms with Gasteiger partial charge in [0.05, 0.1) is 16.3 Å². The Hall–Kier alpha value is -2.83. The highest BCUT2D eigenvalue weighted by Crippen LogP contribution is 2.18. The number of nitrogens with zero attached hydrogens (tertiary/aromatic N) is 2. The van der Waals surface area contributed by atoms with Gasteiger partial charge in [0.2, 0.25) is 10.0 Å². The first-order valence-electron chi connectivity index (χ1n) is 7.21. The molecular weight excluding hydrogens is 322 g/mol. The largest absolute Gasteiger partial charge is 0.256 e. The first-order valence-corrected chi connectivity index (χ1v) is 8.75. The highest BCUT2D eigenvalue weighted by Gasteiger charge is 2.06. The van der Waals surface area contributed by atoms with Crippen molar-refractivity contribution in [3.63, 3.8) is 0 Å². The molecule has 24 heavy (non-hydrogen) atoms. The Bertz CT molecular complexity index is 949. The first kappa shape index (κ1) is 16.0. The smallest absolute Gasteiger partial charge is 0.238 e. The van der Waals surface area contributed by atoms with Gasteiger partial charge in [-0.1, -0.05) is 30.3 Å². The third kappa shape index (κ3) is 3.92. The third-order valence-electron chi connectivity index (χ3n) is 3.40. The molecule has 0 aliphatic heterocycles. The van der Waals surface area contributed by atoms with Gasteiger partial charge in [0.1, 0.15) is 0 Å². The molecule has 2 aromatic carbocycles. The second-order valence-corrected chi connectivity index (χ2v) is 6.70. The number of primary sulfonamides is 1. The number of rotatable bonds is 4. The summed E-state index contributed by atoms with van der Waals surface area (Å²) in [7, 11) is -3.68. The number of nitrogens with two attached hydrogens (primary N) is 1. The summed E-state index contributed by atoms with van der Waals surface area (Å²) in [4.78, 5) is 8.70. The van der Waals surface area contributed by atoms with Gasteiger partial charge in [-0.25, -0.2) is 13.6 Å². The van der Waals surface area contributed by atoms with E-state index in [1.807, 2.05) is 42.5 Å². The maximum Gasteiger partial charge on any atom is 0.238 e. The van der Waals surface area contributed by atoms with Gasteiger partial charge in [-0.2, -0.15) is 0 Å². The number of aliphatic imine (C=N–C) groups is 1. The lowest BCUT2D eigenvalue weighted by atomic mass is 10.1. The van der Waals surface area contributed by atoms with Gasteiger partial charge >= 0.3 is 0 Å². The van der Waals surface area contributed by atoms with Crippen LogP contribution in [0.5, 0.6) is 0 Å². The van der Waals surface area contributed by atoms with Crippen molar-refractivity contribution in [3.8, 4) is 11.3 Å². The molecule has 6 heteroatoms. The minimum absolute atomic E-state index is 0.0705. The number of hydrogen-bond donors (Lipinski definition) is 1. The zero-order chi connectivity index (χ0) is 17.0. The molecule has 0 fully saturated rings. The summed E-state index contributed by atoms with van der Waals surface area (Å²) in [5, 5.41) is 5.06.